The quantitative estimate of drug-likeness (QED) is 0.795. The minimum Gasteiger partial charge on any atom is -0.295 e. The molecule has 1 aliphatic rings. The van der Waals surface area contributed by atoms with Crippen LogP contribution in [0.5, 0.6) is 0 Å². The van der Waals surface area contributed by atoms with Crippen LogP contribution in [0.3, 0.4) is 0 Å². The largest absolute Gasteiger partial charge is 0.295 e. The summed E-state index contributed by atoms with van der Waals surface area (Å²) < 4.78 is 0.896. The number of likely N-dealkylation sites (tertiary alicyclic amines) is 1. The Morgan fingerprint density at radius 1 is 1.28 bits per heavy atom. The highest BCUT2D eigenvalue weighted by molar-refractivity contribution is 9.10. The summed E-state index contributed by atoms with van der Waals surface area (Å²) in [7, 11) is 0. The summed E-state index contributed by atoms with van der Waals surface area (Å²) in [5, 5.41) is 0. The maximum atomic E-state index is 12.3. The molecule has 0 spiro atoms. The number of carbonyl (C=O) groups excluding carboxylic acids is 1. The molecule has 0 N–H and O–H groups in total. The van der Waals surface area contributed by atoms with Gasteiger partial charge in [-0.15, -0.1) is 0 Å². The second kappa shape index (κ2) is 5.98. The molecule has 1 fully saturated rings. The van der Waals surface area contributed by atoms with Crippen LogP contribution in [0, 0.1) is 11.8 Å². The van der Waals surface area contributed by atoms with Crippen molar-refractivity contribution in [1.82, 2.24) is 4.90 Å². The summed E-state index contributed by atoms with van der Waals surface area (Å²) in [6.07, 6.45) is 1.28. The minimum atomic E-state index is 0.212. The summed E-state index contributed by atoms with van der Waals surface area (Å²) in [5.74, 6) is 1.60. The zero-order chi connectivity index (χ0) is 13.1. The molecule has 0 amide bonds. The summed E-state index contributed by atoms with van der Waals surface area (Å²) >= 11 is 3.45. The zero-order valence-electron chi connectivity index (χ0n) is 11.0. The molecule has 98 valence electrons. The van der Waals surface area contributed by atoms with Gasteiger partial charge < -0.3 is 0 Å². The van der Waals surface area contributed by atoms with Gasteiger partial charge in [0.2, 0.25) is 0 Å². The second-order valence-electron chi connectivity index (χ2n) is 5.54. The third-order valence-corrected chi connectivity index (χ3v) is 4.18. The molecular formula is C15H20BrNO. The van der Waals surface area contributed by atoms with Gasteiger partial charge in [0.25, 0.3) is 0 Å². The number of nitrogens with zero attached hydrogens (tertiary/aromatic N) is 1. The van der Waals surface area contributed by atoms with Crippen LogP contribution in [0.25, 0.3) is 0 Å². The van der Waals surface area contributed by atoms with Crippen molar-refractivity contribution in [2.45, 2.75) is 20.3 Å². The van der Waals surface area contributed by atoms with Gasteiger partial charge in [-0.25, -0.2) is 0 Å². The van der Waals surface area contributed by atoms with Crippen LogP contribution >= 0.6 is 15.9 Å². The first kappa shape index (κ1) is 13.8. The molecule has 2 rings (SSSR count). The Hall–Kier alpha value is -0.670. The van der Waals surface area contributed by atoms with E-state index in [1.165, 1.54) is 6.42 Å². The van der Waals surface area contributed by atoms with Crippen molar-refractivity contribution < 1.29 is 4.79 Å². The van der Waals surface area contributed by atoms with Gasteiger partial charge in [0.1, 0.15) is 0 Å². The fraction of sp³-hybridized carbons (Fsp3) is 0.533. The molecule has 0 bridgehead atoms. The van der Waals surface area contributed by atoms with Crippen LogP contribution < -0.4 is 0 Å². The van der Waals surface area contributed by atoms with Crippen molar-refractivity contribution in [1.29, 1.82) is 0 Å². The number of rotatable bonds is 3. The highest BCUT2D eigenvalue weighted by Crippen LogP contribution is 2.22. The highest BCUT2D eigenvalue weighted by atomic mass is 79.9. The average molecular weight is 310 g/mol. The average Bonchev–Trinajstić information content (AvgIpc) is 2.27. The van der Waals surface area contributed by atoms with Crippen LogP contribution in [-0.2, 0) is 0 Å². The predicted octanol–water partition coefficient (Wildman–Crippen LogP) is 3.61. The van der Waals surface area contributed by atoms with E-state index in [9.17, 15) is 4.79 Å². The van der Waals surface area contributed by atoms with Gasteiger partial charge >= 0.3 is 0 Å². The van der Waals surface area contributed by atoms with E-state index in [0.717, 1.165) is 23.1 Å². The van der Waals surface area contributed by atoms with E-state index >= 15 is 0 Å². The predicted molar refractivity (Wildman–Crippen MR) is 77.9 cm³/mol. The highest BCUT2D eigenvalue weighted by Gasteiger charge is 2.24. The summed E-state index contributed by atoms with van der Waals surface area (Å²) in [5.41, 5.74) is 0.795. The number of halogens is 1. The van der Waals surface area contributed by atoms with Gasteiger partial charge in [0.05, 0.1) is 6.54 Å². The van der Waals surface area contributed by atoms with Crippen LogP contribution in [-0.4, -0.2) is 30.3 Å². The van der Waals surface area contributed by atoms with Gasteiger partial charge in [0, 0.05) is 23.1 Å². The van der Waals surface area contributed by atoms with E-state index < -0.39 is 0 Å². The number of benzene rings is 1. The molecule has 1 saturated heterocycles. The van der Waals surface area contributed by atoms with Crippen LogP contribution in [0.4, 0.5) is 0 Å². The molecule has 1 aliphatic heterocycles. The van der Waals surface area contributed by atoms with Gasteiger partial charge in [-0.05, 0) is 24.3 Å². The molecule has 1 heterocycles. The van der Waals surface area contributed by atoms with Crippen molar-refractivity contribution in [3.63, 3.8) is 0 Å². The molecule has 2 atom stereocenters. The lowest BCUT2D eigenvalue weighted by Gasteiger charge is -2.34. The molecule has 0 saturated carbocycles. The molecule has 3 heteroatoms. The van der Waals surface area contributed by atoms with Crippen LogP contribution in [0.15, 0.2) is 28.7 Å². The summed E-state index contributed by atoms with van der Waals surface area (Å²) in [6, 6.07) is 7.67. The zero-order valence-corrected chi connectivity index (χ0v) is 12.6. The van der Waals surface area contributed by atoms with E-state index in [-0.39, 0.29) is 5.78 Å². The van der Waals surface area contributed by atoms with Crippen LogP contribution in [0.2, 0.25) is 0 Å². The van der Waals surface area contributed by atoms with Crippen molar-refractivity contribution in [2.24, 2.45) is 11.8 Å². The first-order chi connectivity index (χ1) is 8.56. The molecule has 0 aromatic heterocycles. The van der Waals surface area contributed by atoms with Gasteiger partial charge in [-0.3, -0.25) is 9.69 Å². The van der Waals surface area contributed by atoms with Crippen molar-refractivity contribution in [2.75, 3.05) is 19.6 Å². The van der Waals surface area contributed by atoms with Crippen LogP contribution in [0.1, 0.15) is 30.6 Å². The van der Waals surface area contributed by atoms with Gasteiger partial charge in [-0.1, -0.05) is 48.0 Å². The molecule has 2 nitrogen and oxygen atoms in total. The molecule has 1 aromatic rings. The Kier molecular flexibility index (Phi) is 4.57. The Bertz CT molecular complexity index is 422. The molecule has 0 unspecified atom stereocenters. The molecule has 0 aliphatic carbocycles. The SMILES string of the molecule is C[C@@H]1C[C@H](C)CN(CC(=O)c2ccccc2Br)C1. The first-order valence-electron chi connectivity index (χ1n) is 6.56. The van der Waals surface area contributed by atoms with E-state index in [0.29, 0.717) is 18.4 Å². The molecular weight excluding hydrogens is 290 g/mol. The maximum Gasteiger partial charge on any atom is 0.177 e. The number of piperidine rings is 1. The Balaban J connectivity index is 2.01. The summed E-state index contributed by atoms with van der Waals surface area (Å²) in [4.78, 5) is 14.6. The second-order valence-corrected chi connectivity index (χ2v) is 6.40. The fourth-order valence-electron chi connectivity index (χ4n) is 2.90. The first-order valence-corrected chi connectivity index (χ1v) is 7.35. The molecule has 18 heavy (non-hydrogen) atoms. The van der Waals surface area contributed by atoms with Crippen molar-refractivity contribution in [3.8, 4) is 0 Å². The fourth-order valence-corrected chi connectivity index (χ4v) is 3.40. The Labute approximate surface area is 117 Å². The lowest BCUT2D eigenvalue weighted by Crippen LogP contribution is -2.41. The number of ketones is 1. The number of Topliss-reactive ketones (excluding diaryl/α,β-unsaturated/α-hetero) is 1. The van der Waals surface area contributed by atoms with E-state index in [1.807, 2.05) is 24.3 Å². The molecule has 0 radical (unpaired) electrons. The van der Waals surface area contributed by atoms with Crippen molar-refractivity contribution >= 4 is 21.7 Å². The number of carbonyl (C=O) groups is 1. The van der Waals surface area contributed by atoms with Crippen molar-refractivity contribution in [3.05, 3.63) is 34.3 Å². The van der Waals surface area contributed by atoms with E-state index in [1.54, 1.807) is 0 Å². The van der Waals surface area contributed by atoms with Gasteiger partial charge in [0.15, 0.2) is 5.78 Å². The third-order valence-electron chi connectivity index (χ3n) is 3.49. The maximum absolute atomic E-state index is 12.3. The Morgan fingerprint density at radius 3 is 2.50 bits per heavy atom. The topological polar surface area (TPSA) is 20.3 Å². The normalized spacial score (nSPS) is 25.1. The third kappa shape index (κ3) is 3.42. The standard InChI is InChI=1S/C15H20BrNO/c1-11-7-12(2)9-17(8-11)10-15(18)13-5-3-4-6-14(13)16/h3-6,11-12H,7-10H2,1-2H3/t11-,12+. The molecule has 1 aromatic carbocycles. The lowest BCUT2D eigenvalue weighted by molar-refractivity contribution is 0.0849. The minimum absolute atomic E-state index is 0.212. The van der Waals surface area contributed by atoms with E-state index in [4.69, 9.17) is 0 Å². The monoisotopic (exact) mass is 309 g/mol. The number of hydrogen-bond acceptors (Lipinski definition) is 2. The van der Waals surface area contributed by atoms with E-state index in [2.05, 4.69) is 34.7 Å². The Morgan fingerprint density at radius 2 is 1.89 bits per heavy atom. The number of hydrogen-bond donors (Lipinski definition) is 0. The lowest BCUT2D eigenvalue weighted by atomic mass is 9.91. The summed E-state index contributed by atoms with van der Waals surface area (Å²) in [6.45, 7) is 7.16. The van der Waals surface area contributed by atoms with Gasteiger partial charge in [-0.2, -0.15) is 0 Å². The smallest absolute Gasteiger partial charge is 0.177 e.